The Morgan fingerprint density at radius 1 is 0.966 bits per heavy atom. The van der Waals surface area contributed by atoms with E-state index in [4.69, 9.17) is 14.2 Å². The van der Waals surface area contributed by atoms with Gasteiger partial charge in [0.25, 0.3) is 5.91 Å². The van der Waals surface area contributed by atoms with E-state index < -0.39 is 19.8 Å². The van der Waals surface area contributed by atoms with E-state index in [0.717, 1.165) is 47.5 Å². The molecule has 1 unspecified atom stereocenters. The van der Waals surface area contributed by atoms with E-state index in [1.807, 2.05) is 84.9 Å². The number of aliphatic hydroxyl groups excluding tert-OH is 1. The van der Waals surface area contributed by atoms with Crippen molar-refractivity contribution < 1.29 is 33.7 Å². The van der Waals surface area contributed by atoms with E-state index in [0.29, 0.717) is 24.5 Å². The number of ether oxygens (including phenoxy) is 3. The Labute approximate surface area is 342 Å². The largest absolute Gasteiger partial charge is 0.497 e. The van der Waals surface area contributed by atoms with Crippen LogP contribution in [0.1, 0.15) is 42.9 Å². The van der Waals surface area contributed by atoms with Crippen LogP contribution in [0.5, 0.6) is 11.5 Å². The van der Waals surface area contributed by atoms with E-state index >= 15 is 4.79 Å². The number of methoxy groups -OCH3 is 2. The lowest BCUT2D eigenvalue weighted by molar-refractivity contribution is -0.150. The highest BCUT2D eigenvalue weighted by atomic mass is 28.3. The lowest BCUT2D eigenvalue weighted by Gasteiger charge is -2.37. The number of rotatable bonds is 14. The zero-order chi connectivity index (χ0) is 41.0. The third-order valence-corrected chi connectivity index (χ3v) is 16.9. The van der Waals surface area contributed by atoms with Crippen molar-refractivity contribution in [3.05, 3.63) is 114 Å². The average molecular weight is 805 g/mol. The zero-order valence-corrected chi connectivity index (χ0v) is 35.2. The van der Waals surface area contributed by atoms with Gasteiger partial charge in [-0.05, 0) is 78.5 Å². The highest BCUT2D eigenvalue weighted by Gasteiger charge is 2.66. The van der Waals surface area contributed by atoms with Gasteiger partial charge in [0.1, 0.15) is 11.5 Å². The predicted octanol–water partition coefficient (Wildman–Crippen LogP) is 5.82. The van der Waals surface area contributed by atoms with Gasteiger partial charge >= 0.3 is 0 Å². The molecular formula is C46H56N4O7Si. The minimum atomic E-state index is -2.54. The van der Waals surface area contributed by atoms with Crippen LogP contribution in [0.3, 0.4) is 0 Å². The smallest absolute Gasteiger partial charge is 0.264 e. The Kier molecular flexibility index (Phi) is 12.4. The number of amides is 3. The quantitative estimate of drug-likeness (QED) is 0.136. The molecule has 11 nitrogen and oxygen atoms in total. The number of nitrogens with one attached hydrogen (secondary N) is 2. The molecule has 0 saturated carbocycles. The van der Waals surface area contributed by atoms with Gasteiger partial charge in [-0.2, -0.15) is 0 Å². The molecule has 1 spiro atoms. The van der Waals surface area contributed by atoms with Gasteiger partial charge in [0.2, 0.25) is 11.8 Å². The number of piperidine rings is 1. The molecule has 5 atom stereocenters. The molecule has 3 aliphatic rings. The van der Waals surface area contributed by atoms with E-state index in [1.54, 1.807) is 24.0 Å². The standard InChI is InChI=1S/C46H56N4O7Si/c1-31-43(58(4,5)38-20-17-36(55-2)18-21-38)41(27-42(52)49(24-25-51)29-32-10-7-6-8-11-32)57-46(31)39-26-37(56-3)19-22-40(39)50(45(46)54)30-33-13-15-35(16-14-33)48-44(53)34-12-9-23-47-28-34/h6-8,10-11,13-22,26,31,34,41,43,47,51H,9,12,23-25,27-30H2,1-5H3,(H,48,53)/t31-,34?,41+,43-,46+/m1/s1. The summed E-state index contributed by atoms with van der Waals surface area (Å²) in [5.41, 5.74) is 2.48. The fraction of sp³-hybridized carbons (Fsp3) is 0.413. The van der Waals surface area contributed by atoms with Gasteiger partial charge in [0.05, 0.1) is 59.6 Å². The highest BCUT2D eigenvalue weighted by Crippen LogP contribution is 2.60. The maximum Gasteiger partial charge on any atom is 0.264 e. The van der Waals surface area contributed by atoms with Crippen LogP contribution < -0.4 is 30.2 Å². The van der Waals surface area contributed by atoms with Crippen LogP contribution in [0.25, 0.3) is 0 Å². The summed E-state index contributed by atoms with van der Waals surface area (Å²) in [6.07, 6.45) is 1.29. The number of carbonyl (C=O) groups is 3. The summed E-state index contributed by atoms with van der Waals surface area (Å²) in [4.78, 5) is 46.2. The Bertz CT molecular complexity index is 2070. The van der Waals surface area contributed by atoms with Crippen LogP contribution in [0.15, 0.2) is 97.1 Å². The molecule has 0 aromatic heterocycles. The molecule has 2 fully saturated rings. The maximum atomic E-state index is 15.4. The number of carbonyl (C=O) groups excluding carboxylic acids is 3. The van der Waals surface area contributed by atoms with Crippen molar-refractivity contribution in [2.45, 2.75) is 69.6 Å². The molecule has 3 heterocycles. The highest BCUT2D eigenvalue weighted by molar-refractivity contribution is 6.91. The van der Waals surface area contributed by atoms with Crippen LogP contribution >= 0.6 is 0 Å². The maximum absolute atomic E-state index is 15.4. The van der Waals surface area contributed by atoms with Crippen molar-refractivity contribution in [3.63, 3.8) is 0 Å². The van der Waals surface area contributed by atoms with Crippen LogP contribution in [-0.4, -0.2) is 82.4 Å². The number of anilines is 2. The van der Waals surface area contributed by atoms with Gasteiger partial charge in [0, 0.05) is 36.8 Å². The summed E-state index contributed by atoms with van der Waals surface area (Å²) in [6.45, 7) is 8.94. The topological polar surface area (TPSA) is 130 Å². The van der Waals surface area contributed by atoms with Gasteiger partial charge < -0.3 is 39.8 Å². The van der Waals surface area contributed by atoms with Crippen LogP contribution in [0.2, 0.25) is 18.6 Å². The zero-order valence-electron chi connectivity index (χ0n) is 34.2. The first-order chi connectivity index (χ1) is 28.0. The summed E-state index contributed by atoms with van der Waals surface area (Å²) >= 11 is 0. The molecule has 58 heavy (non-hydrogen) atoms. The molecule has 306 valence electrons. The van der Waals surface area contributed by atoms with Crippen molar-refractivity contribution in [2.24, 2.45) is 11.8 Å². The minimum absolute atomic E-state index is 0.00936. The number of hydrogen-bond donors (Lipinski definition) is 3. The van der Waals surface area contributed by atoms with Crippen molar-refractivity contribution in [3.8, 4) is 11.5 Å². The average Bonchev–Trinajstić information content (AvgIpc) is 3.67. The van der Waals surface area contributed by atoms with Crippen LogP contribution in [-0.2, 0) is 37.8 Å². The van der Waals surface area contributed by atoms with Gasteiger partial charge in [-0.1, -0.05) is 79.8 Å². The second-order valence-corrected chi connectivity index (χ2v) is 21.1. The third kappa shape index (κ3) is 8.03. The first-order valence-corrected chi connectivity index (χ1v) is 23.4. The Hall–Kier alpha value is -5.01. The number of benzene rings is 4. The van der Waals surface area contributed by atoms with Crippen LogP contribution in [0.4, 0.5) is 11.4 Å². The first-order valence-electron chi connectivity index (χ1n) is 20.4. The van der Waals surface area contributed by atoms with E-state index in [2.05, 4.69) is 42.8 Å². The molecule has 0 radical (unpaired) electrons. The molecular weight excluding hydrogens is 749 g/mol. The first kappa shape index (κ1) is 41.2. The van der Waals surface area contributed by atoms with Crippen LogP contribution in [0, 0.1) is 11.8 Å². The number of nitrogens with zero attached hydrogens (tertiary/aromatic N) is 2. The molecule has 0 aliphatic carbocycles. The van der Waals surface area contributed by atoms with Crippen molar-refractivity contribution in [1.82, 2.24) is 10.2 Å². The van der Waals surface area contributed by atoms with Gasteiger partial charge in [-0.15, -0.1) is 0 Å². The summed E-state index contributed by atoms with van der Waals surface area (Å²) in [7, 11) is 0.720. The summed E-state index contributed by atoms with van der Waals surface area (Å²) < 4.78 is 18.5. The van der Waals surface area contributed by atoms with E-state index in [-0.39, 0.29) is 61.2 Å². The molecule has 0 bridgehead atoms. The van der Waals surface area contributed by atoms with Gasteiger partial charge in [-0.25, -0.2) is 0 Å². The molecule has 2 saturated heterocycles. The van der Waals surface area contributed by atoms with Gasteiger partial charge in [0.15, 0.2) is 5.60 Å². The summed E-state index contributed by atoms with van der Waals surface area (Å²) in [6, 6.07) is 31.3. The summed E-state index contributed by atoms with van der Waals surface area (Å²) in [5, 5.41) is 17.6. The Balaban J connectivity index is 1.23. The Morgan fingerprint density at radius 2 is 1.67 bits per heavy atom. The molecule has 4 aromatic carbocycles. The van der Waals surface area contributed by atoms with Crippen molar-refractivity contribution in [2.75, 3.05) is 50.7 Å². The fourth-order valence-electron chi connectivity index (χ4n) is 9.49. The molecule has 3 aliphatic heterocycles. The second-order valence-electron chi connectivity index (χ2n) is 16.4. The fourth-order valence-corrected chi connectivity index (χ4v) is 13.5. The second kappa shape index (κ2) is 17.5. The molecule has 3 amide bonds. The number of fused-ring (bicyclic) bond motifs is 2. The minimum Gasteiger partial charge on any atom is -0.497 e. The SMILES string of the molecule is COc1ccc([Si](C)(C)[C@H]2[C@H](CC(=O)N(CCO)Cc3ccccc3)O[C@@]3(C(=O)N(Cc4ccc(NC(=O)C5CCCNC5)cc4)c4ccc(OC)cc43)[C@@H]2C)cc1. The molecule has 12 heteroatoms. The number of aliphatic hydroxyl groups is 1. The van der Waals surface area contributed by atoms with Crippen molar-refractivity contribution in [1.29, 1.82) is 0 Å². The number of hydrogen-bond acceptors (Lipinski definition) is 8. The third-order valence-electron chi connectivity index (χ3n) is 12.6. The van der Waals surface area contributed by atoms with Gasteiger partial charge in [-0.3, -0.25) is 14.4 Å². The van der Waals surface area contributed by atoms with E-state index in [9.17, 15) is 14.7 Å². The molecule has 7 rings (SSSR count). The van der Waals surface area contributed by atoms with E-state index in [1.165, 1.54) is 5.19 Å². The Morgan fingerprint density at radius 3 is 2.33 bits per heavy atom. The summed E-state index contributed by atoms with van der Waals surface area (Å²) in [5.74, 6) is 0.665. The predicted molar refractivity (Wildman–Crippen MR) is 228 cm³/mol. The van der Waals surface area contributed by atoms with Crippen molar-refractivity contribution >= 4 is 42.4 Å². The normalized spacial score (nSPS) is 22.8. The molecule has 3 N–H and O–H groups in total. The lowest BCUT2D eigenvalue weighted by Crippen LogP contribution is -2.52. The lowest BCUT2D eigenvalue weighted by atomic mass is 9.82. The molecule has 4 aromatic rings. The monoisotopic (exact) mass is 804 g/mol.